The minimum atomic E-state index is -0.379. The smallest absolute Gasteiger partial charge is 0.240 e. The van der Waals surface area contributed by atoms with Gasteiger partial charge in [0.2, 0.25) is 11.8 Å². The summed E-state index contributed by atoms with van der Waals surface area (Å²) in [5.74, 6) is -0.317. The summed E-state index contributed by atoms with van der Waals surface area (Å²) in [5, 5.41) is 3.20. The SMILES string of the molecule is NC(=O)CCN(Cc1ccccc1)C(=O)C1CCCN1. The van der Waals surface area contributed by atoms with Crippen molar-refractivity contribution in [2.45, 2.75) is 31.8 Å². The molecular weight excluding hydrogens is 254 g/mol. The Balaban J connectivity index is 2.03. The molecular formula is C15H21N3O2. The molecule has 0 saturated carbocycles. The summed E-state index contributed by atoms with van der Waals surface area (Å²) in [5.41, 5.74) is 6.25. The molecule has 0 aromatic heterocycles. The lowest BCUT2D eigenvalue weighted by Crippen LogP contribution is -2.44. The summed E-state index contributed by atoms with van der Waals surface area (Å²) < 4.78 is 0. The lowest BCUT2D eigenvalue weighted by molar-refractivity contribution is -0.134. The van der Waals surface area contributed by atoms with E-state index >= 15 is 0 Å². The zero-order chi connectivity index (χ0) is 14.4. The fourth-order valence-corrected chi connectivity index (χ4v) is 2.43. The highest BCUT2D eigenvalue weighted by Gasteiger charge is 2.26. The first-order valence-electron chi connectivity index (χ1n) is 7.01. The monoisotopic (exact) mass is 275 g/mol. The summed E-state index contributed by atoms with van der Waals surface area (Å²) in [7, 11) is 0. The van der Waals surface area contributed by atoms with Crippen molar-refractivity contribution in [3.05, 3.63) is 35.9 Å². The summed E-state index contributed by atoms with van der Waals surface area (Å²) >= 11 is 0. The predicted octanol–water partition coefficient (Wildman–Crippen LogP) is 0.643. The molecule has 1 unspecified atom stereocenters. The molecule has 1 aliphatic heterocycles. The van der Waals surface area contributed by atoms with E-state index in [0.717, 1.165) is 24.9 Å². The Hall–Kier alpha value is -1.88. The first kappa shape index (κ1) is 14.5. The van der Waals surface area contributed by atoms with E-state index in [1.807, 2.05) is 30.3 Å². The van der Waals surface area contributed by atoms with Gasteiger partial charge in [-0.25, -0.2) is 0 Å². The molecule has 5 heteroatoms. The zero-order valence-electron chi connectivity index (χ0n) is 11.5. The first-order chi connectivity index (χ1) is 9.66. The van der Waals surface area contributed by atoms with Crippen LogP contribution in [-0.4, -0.2) is 35.8 Å². The second kappa shape index (κ2) is 7.05. The average molecular weight is 275 g/mol. The van der Waals surface area contributed by atoms with E-state index in [4.69, 9.17) is 5.73 Å². The van der Waals surface area contributed by atoms with Crippen molar-refractivity contribution in [1.82, 2.24) is 10.2 Å². The number of primary amides is 1. The molecule has 0 bridgehead atoms. The van der Waals surface area contributed by atoms with Gasteiger partial charge in [0.05, 0.1) is 6.04 Å². The molecule has 1 saturated heterocycles. The second-order valence-corrected chi connectivity index (χ2v) is 5.11. The van der Waals surface area contributed by atoms with Gasteiger partial charge in [-0.05, 0) is 24.9 Å². The van der Waals surface area contributed by atoms with Crippen molar-refractivity contribution < 1.29 is 9.59 Å². The van der Waals surface area contributed by atoms with Gasteiger partial charge in [0, 0.05) is 19.5 Å². The molecule has 1 aliphatic rings. The molecule has 0 aliphatic carbocycles. The van der Waals surface area contributed by atoms with Crippen LogP contribution in [0.4, 0.5) is 0 Å². The van der Waals surface area contributed by atoms with Gasteiger partial charge in [-0.15, -0.1) is 0 Å². The Morgan fingerprint density at radius 3 is 2.65 bits per heavy atom. The van der Waals surface area contributed by atoms with Crippen molar-refractivity contribution >= 4 is 11.8 Å². The number of nitrogens with two attached hydrogens (primary N) is 1. The van der Waals surface area contributed by atoms with Gasteiger partial charge < -0.3 is 16.0 Å². The van der Waals surface area contributed by atoms with E-state index in [0.29, 0.717) is 13.1 Å². The molecule has 0 spiro atoms. The van der Waals surface area contributed by atoms with Crippen LogP contribution in [0.25, 0.3) is 0 Å². The molecule has 20 heavy (non-hydrogen) atoms. The molecule has 1 aromatic carbocycles. The maximum atomic E-state index is 12.5. The van der Waals surface area contributed by atoms with E-state index in [2.05, 4.69) is 5.32 Å². The number of amides is 2. The van der Waals surface area contributed by atoms with E-state index in [1.54, 1.807) is 4.90 Å². The Kier molecular flexibility index (Phi) is 5.12. The molecule has 2 rings (SSSR count). The van der Waals surface area contributed by atoms with E-state index in [1.165, 1.54) is 0 Å². The largest absolute Gasteiger partial charge is 0.370 e. The fourth-order valence-electron chi connectivity index (χ4n) is 2.43. The third kappa shape index (κ3) is 4.06. The number of hydrogen-bond donors (Lipinski definition) is 2. The number of carbonyl (C=O) groups excluding carboxylic acids is 2. The normalized spacial score (nSPS) is 17.9. The van der Waals surface area contributed by atoms with E-state index < -0.39 is 0 Å². The van der Waals surface area contributed by atoms with Gasteiger partial charge in [-0.1, -0.05) is 30.3 Å². The maximum absolute atomic E-state index is 12.5. The van der Waals surface area contributed by atoms with Crippen LogP contribution in [0.2, 0.25) is 0 Å². The maximum Gasteiger partial charge on any atom is 0.240 e. The number of nitrogens with zero attached hydrogens (tertiary/aromatic N) is 1. The minimum absolute atomic E-state index is 0.0626. The molecule has 5 nitrogen and oxygen atoms in total. The van der Waals surface area contributed by atoms with Gasteiger partial charge in [-0.2, -0.15) is 0 Å². The number of hydrogen-bond acceptors (Lipinski definition) is 3. The average Bonchev–Trinajstić information content (AvgIpc) is 2.97. The zero-order valence-corrected chi connectivity index (χ0v) is 11.5. The number of benzene rings is 1. The van der Waals surface area contributed by atoms with Gasteiger partial charge in [0.1, 0.15) is 0 Å². The topological polar surface area (TPSA) is 75.4 Å². The van der Waals surface area contributed by atoms with Gasteiger partial charge in [0.25, 0.3) is 0 Å². The molecule has 0 radical (unpaired) electrons. The van der Waals surface area contributed by atoms with Crippen LogP contribution in [0.1, 0.15) is 24.8 Å². The second-order valence-electron chi connectivity index (χ2n) is 5.11. The van der Waals surface area contributed by atoms with Crippen molar-refractivity contribution in [3.8, 4) is 0 Å². The summed E-state index contributed by atoms with van der Waals surface area (Å²) in [6, 6.07) is 9.67. The predicted molar refractivity (Wildman–Crippen MR) is 76.7 cm³/mol. The van der Waals surface area contributed by atoms with E-state index in [9.17, 15) is 9.59 Å². The molecule has 1 heterocycles. The van der Waals surface area contributed by atoms with Crippen LogP contribution in [0.3, 0.4) is 0 Å². The van der Waals surface area contributed by atoms with Crippen LogP contribution in [-0.2, 0) is 16.1 Å². The molecule has 108 valence electrons. The molecule has 1 atom stereocenters. The van der Waals surface area contributed by atoms with Crippen LogP contribution in [0.15, 0.2) is 30.3 Å². The quantitative estimate of drug-likeness (QED) is 0.800. The Labute approximate surface area is 119 Å². The Morgan fingerprint density at radius 1 is 1.30 bits per heavy atom. The summed E-state index contributed by atoms with van der Waals surface area (Å²) in [6.45, 7) is 1.78. The van der Waals surface area contributed by atoms with Gasteiger partial charge in [-0.3, -0.25) is 9.59 Å². The van der Waals surface area contributed by atoms with Crippen molar-refractivity contribution in [2.75, 3.05) is 13.1 Å². The van der Waals surface area contributed by atoms with Crippen LogP contribution < -0.4 is 11.1 Å². The highest BCUT2D eigenvalue weighted by atomic mass is 16.2. The highest BCUT2D eigenvalue weighted by Crippen LogP contribution is 2.12. The fraction of sp³-hybridized carbons (Fsp3) is 0.467. The Morgan fingerprint density at radius 2 is 2.05 bits per heavy atom. The lowest BCUT2D eigenvalue weighted by atomic mass is 10.1. The van der Waals surface area contributed by atoms with Gasteiger partial charge in [0.15, 0.2) is 0 Å². The van der Waals surface area contributed by atoms with Crippen LogP contribution in [0.5, 0.6) is 0 Å². The van der Waals surface area contributed by atoms with Crippen LogP contribution >= 0.6 is 0 Å². The lowest BCUT2D eigenvalue weighted by Gasteiger charge is -2.25. The molecule has 2 amide bonds. The molecule has 1 aromatic rings. The molecule has 1 fully saturated rings. The molecule has 3 N–H and O–H groups in total. The van der Waals surface area contributed by atoms with Crippen molar-refractivity contribution in [2.24, 2.45) is 5.73 Å². The summed E-state index contributed by atoms with van der Waals surface area (Å²) in [6.07, 6.45) is 2.08. The number of carbonyl (C=O) groups is 2. The Bertz CT molecular complexity index is 455. The van der Waals surface area contributed by atoms with Crippen LogP contribution in [0, 0.1) is 0 Å². The number of rotatable bonds is 6. The number of nitrogens with one attached hydrogen (secondary N) is 1. The highest BCUT2D eigenvalue weighted by molar-refractivity contribution is 5.83. The van der Waals surface area contributed by atoms with Gasteiger partial charge >= 0.3 is 0 Å². The van der Waals surface area contributed by atoms with Crippen molar-refractivity contribution in [1.29, 1.82) is 0 Å². The van der Waals surface area contributed by atoms with E-state index in [-0.39, 0.29) is 24.3 Å². The summed E-state index contributed by atoms with van der Waals surface area (Å²) in [4.78, 5) is 25.2. The van der Waals surface area contributed by atoms with Crippen molar-refractivity contribution in [3.63, 3.8) is 0 Å². The minimum Gasteiger partial charge on any atom is -0.370 e. The first-order valence-corrected chi connectivity index (χ1v) is 7.01. The standard InChI is InChI=1S/C15H21N3O2/c16-14(19)8-10-18(11-12-5-2-1-3-6-12)15(20)13-7-4-9-17-13/h1-3,5-6,13,17H,4,7-11H2,(H2,16,19). The third-order valence-electron chi connectivity index (χ3n) is 3.51. The third-order valence-corrected chi connectivity index (χ3v) is 3.51.